The predicted molar refractivity (Wildman–Crippen MR) is 85.9 cm³/mol. The van der Waals surface area contributed by atoms with E-state index in [4.69, 9.17) is 4.42 Å². The molecule has 0 aliphatic carbocycles. The first kappa shape index (κ1) is 12.9. The monoisotopic (exact) mass is 378 g/mol. The number of halogens is 2. The lowest BCUT2D eigenvalue weighted by molar-refractivity contribution is 0.492. The normalized spacial score (nSPS) is 12.8. The van der Waals surface area contributed by atoms with Crippen LogP contribution in [0.25, 0.3) is 10.8 Å². The Hall–Kier alpha value is -1.06. The summed E-state index contributed by atoms with van der Waals surface area (Å²) in [5.41, 5.74) is 1.22. The first-order valence-electron chi connectivity index (χ1n) is 6.04. The highest BCUT2D eigenvalue weighted by Crippen LogP contribution is 2.38. The van der Waals surface area contributed by atoms with E-state index in [0.717, 1.165) is 16.0 Å². The third-order valence-corrected chi connectivity index (χ3v) is 4.82. The fourth-order valence-electron chi connectivity index (χ4n) is 2.25. The van der Waals surface area contributed by atoms with Crippen LogP contribution < -0.4 is 0 Å². The molecule has 96 valence electrons. The van der Waals surface area contributed by atoms with Gasteiger partial charge in [0, 0.05) is 4.47 Å². The summed E-state index contributed by atoms with van der Waals surface area (Å²) in [6.07, 6.45) is 0. The van der Waals surface area contributed by atoms with E-state index in [1.807, 2.05) is 19.1 Å². The summed E-state index contributed by atoms with van der Waals surface area (Å²) < 4.78 is 6.83. The molecule has 0 fully saturated rings. The third kappa shape index (κ3) is 2.37. The molecule has 0 N–H and O–H groups in total. The highest BCUT2D eigenvalue weighted by atomic mass is 79.9. The van der Waals surface area contributed by atoms with Crippen molar-refractivity contribution in [3.63, 3.8) is 0 Å². The van der Waals surface area contributed by atoms with Crippen LogP contribution in [-0.4, -0.2) is 0 Å². The van der Waals surface area contributed by atoms with Gasteiger partial charge in [0.1, 0.15) is 11.5 Å². The maximum absolute atomic E-state index is 5.72. The van der Waals surface area contributed by atoms with Crippen molar-refractivity contribution in [1.82, 2.24) is 0 Å². The summed E-state index contributed by atoms with van der Waals surface area (Å²) in [5.74, 6) is 1.87. The van der Waals surface area contributed by atoms with Gasteiger partial charge in [-0.3, -0.25) is 0 Å². The Morgan fingerprint density at radius 2 is 1.68 bits per heavy atom. The summed E-state index contributed by atoms with van der Waals surface area (Å²) in [7, 11) is 0. The van der Waals surface area contributed by atoms with Gasteiger partial charge in [-0.2, -0.15) is 0 Å². The van der Waals surface area contributed by atoms with Crippen molar-refractivity contribution in [2.24, 2.45) is 0 Å². The Morgan fingerprint density at radius 1 is 0.947 bits per heavy atom. The number of fused-ring (bicyclic) bond motifs is 1. The predicted octanol–water partition coefficient (Wildman–Crippen LogP) is 5.99. The van der Waals surface area contributed by atoms with Crippen molar-refractivity contribution in [3.05, 3.63) is 70.1 Å². The maximum atomic E-state index is 5.72. The highest BCUT2D eigenvalue weighted by molar-refractivity contribution is 9.10. The van der Waals surface area contributed by atoms with Crippen molar-refractivity contribution < 1.29 is 4.42 Å². The second-order valence-corrected chi connectivity index (χ2v) is 6.26. The van der Waals surface area contributed by atoms with Crippen LogP contribution in [0, 0.1) is 6.92 Å². The molecule has 0 amide bonds. The lowest BCUT2D eigenvalue weighted by atomic mass is 10.0. The smallest absolute Gasteiger partial charge is 0.122 e. The highest BCUT2D eigenvalue weighted by Gasteiger charge is 2.17. The van der Waals surface area contributed by atoms with E-state index in [0.29, 0.717) is 0 Å². The van der Waals surface area contributed by atoms with Crippen molar-refractivity contribution in [3.8, 4) is 0 Å². The number of benzene rings is 2. The van der Waals surface area contributed by atoms with Gasteiger partial charge in [0.15, 0.2) is 0 Å². The quantitative estimate of drug-likeness (QED) is 0.498. The van der Waals surface area contributed by atoms with Crippen LogP contribution in [0.1, 0.15) is 21.9 Å². The van der Waals surface area contributed by atoms with Gasteiger partial charge in [0.05, 0.1) is 4.83 Å². The van der Waals surface area contributed by atoms with Gasteiger partial charge in [0.25, 0.3) is 0 Å². The Kier molecular flexibility index (Phi) is 3.50. The van der Waals surface area contributed by atoms with Gasteiger partial charge in [-0.1, -0.05) is 62.2 Å². The fourth-order valence-corrected chi connectivity index (χ4v) is 3.37. The van der Waals surface area contributed by atoms with Crippen LogP contribution in [0.3, 0.4) is 0 Å². The van der Waals surface area contributed by atoms with Crippen molar-refractivity contribution in [2.45, 2.75) is 11.8 Å². The molecule has 0 saturated carbocycles. The van der Waals surface area contributed by atoms with Crippen LogP contribution >= 0.6 is 31.9 Å². The summed E-state index contributed by atoms with van der Waals surface area (Å²) in [5, 5.41) is 2.44. The third-order valence-electron chi connectivity index (χ3n) is 3.19. The molecule has 3 heteroatoms. The van der Waals surface area contributed by atoms with Crippen molar-refractivity contribution >= 4 is 42.6 Å². The molecule has 0 aliphatic heterocycles. The number of hydrogen-bond acceptors (Lipinski definition) is 1. The zero-order valence-electron chi connectivity index (χ0n) is 10.4. The van der Waals surface area contributed by atoms with Gasteiger partial charge in [0.2, 0.25) is 0 Å². The Bertz CT molecular complexity index is 730. The lowest BCUT2D eigenvalue weighted by Crippen LogP contribution is -1.92. The molecule has 0 bridgehead atoms. The maximum Gasteiger partial charge on any atom is 0.122 e. The zero-order chi connectivity index (χ0) is 13.4. The van der Waals surface area contributed by atoms with Crippen LogP contribution in [0.2, 0.25) is 0 Å². The van der Waals surface area contributed by atoms with Gasteiger partial charge in [-0.15, -0.1) is 0 Å². The number of aryl methyl sites for hydroxylation is 1. The zero-order valence-corrected chi connectivity index (χ0v) is 13.5. The van der Waals surface area contributed by atoms with Crippen LogP contribution in [0.5, 0.6) is 0 Å². The van der Waals surface area contributed by atoms with Gasteiger partial charge >= 0.3 is 0 Å². The first-order chi connectivity index (χ1) is 9.16. The SMILES string of the molecule is Cc1ccc(C(Br)c2ccc(Br)c3ccccc23)o1. The summed E-state index contributed by atoms with van der Waals surface area (Å²) in [4.78, 5) is 0.0687. The molecule has 3 aromatic rings. The summed E-state index contributed by atoms with van der Waals surface area (Å²) in [6, 6.07) is 16.6. The second-order valence-electron chi connectivity index (χ2n) is 4.49. The van der Waals surface area contributed by atoms with E-state index < -0.39 is 0 Å². The topological polar surface area (TPSA) is 13.1 Å². The molecule has 0 radical (unpaired) electrons. The standard InChI is InChI=1S/C16H12Br2O/c1-10-6-9-15(19-10)16(18)13-7-8-14(17)12-5-3-2-4-11(12)13/h2-9,16H,1H3. The van der Waals surface area contributed by atoms with Crippen LogP contribution in [0.4, 0.5) is 0 Å². The molecule has 1 nitrogen and oxygen atoms in total. The minimum Gasteiger partial charge on any atom is -0.465 e. The average Bonchev–Trinajstić information content (AvgIpc) is 2.86. The Balaban J connectivity index is 2.18. The molecule has 0 saturated heterocycles. The second kappa shape index (κ2) is 5.14. The van der Waals surface area contributed by atoms with Gasteiger partial charge in [-0.05, 0) is 41.5 Å². The molecule has 2 aromatic carbocycles. The van der Waals surface area contributed by atoms with E-state index >= 15 is 0 Å². The molecular weight excluding hydrogens is 368 g/mol. The largest absolute Gasteiger partial charge is 0.465 e. The molecule has 1 aromatic heterocycles. The number of hydrogen-bond donors (Lipinski definition) is 0. The van der Waals surface area contributed by atoms with E-state index in [2.05, 4.69) is 68.3 Å². The summed E-state index contributed by atoms with van der Waals surface area (Å²) in [6.45, 7) is 1.96. The summed E-state index contributed by atoms with van der Waals surface area (Å²) >= 11 is 7.35. The number of alkyl halides is 1. The van der Waals surface area contributed by atoms with Crippen molar-refractivity contribution in [1.29, 1.82) is 0 Å². The molecule has 1 unspecified atom stereocenters. The van der Waals surface area contributed by atoms with Gasteiger partial charge in [-0.25, -0.2) is 0 Å². The van der Waals surface area contributed by atoms with Crippen LogP contribution in [-0.2, 0) is 0 Å². The minimum absolute atomic E-state index is 0.0687. The van der Waals surface area contributed by atoms with E-state index in [9.17, 15) is 0 Å². The first-order valence-corrected chi connectivity index (χ1v) is 7.75. The van der Waals surface area contributed by atoms with E-state index in [1.54, 1.807) is 0 Å². The molecule has 1 atom stereocenters. The average molecular weight is 380 g/mol. The molecule has 0 aliphatic rings. The van der Waals surface area contributed by atoms with Crippen LogP contribution in [0.15, 0.2) is 57.4 Å². The minimum atomic E-state index is 0.0687. The van der Waals surface area contributed by atoms with Gasteiger partial charge < -0.3 is 4.42 Å². The van der Waals surface area contributed by atoms with Crippen molar-refractivity contribution in [2.75, 3.05) is 0 Å². The van der Waals surface area contributed by atoms with E-state index in [-0.39, 0.29) is 4.83 Å². The van der Waals surface area contributed by atoms with E-state index in [1.165, 1.54) is 16.3 Å². The number of rotatable bonds is 2. The Morgan fingerprint density at radius 3 is 2.37 bits per heavy atom. The molecule has 19 heavy (non-hydrogen) atoms. The molecule has 1 heterocycles. The fraction of sp³-hybridized carbons (Fsp3) is 0.125. The molecular formula is C16H12Br2O. The lowest BCUT2D eigenvalue weighted by Gasteiger charge is -2.12. The molecule has 0 spiro atoms. The Labute approximate surface area is 128 Å². The number of furan rings is 1. The molecule has 3 rings (SSSR count).